The molecule has 0 radical (unpaired) electrons. The third-order valence-electron chi connectivity index (χ3n) is 6.18. The maximum atomic E-state index is 13.6. The lowest BCUT2D eigenvalue weighted by molar-refractivity contribution is -0.143. The SMILES string of the molecule is CCC[C@@H](C(N)=O)[C@@H](CC(C)C)C(=O)N1CCC(NCc2cc(F)cc(C(F)(F)F)c2)CC1. The standard InChI is InChI=1S/C24H35F4N3O2/c1-4-5-20(22(29)32)21(10-15(2)3)23(33)31-8-6-19(7-9-31)30-14-16-11-17(24(26,27)28)13-18(25)12-16/h11-13,15,19-21,30H,4-10,14H2,1-3H3,(H2,29,32)/t20-,21-/m1/s1. The minimum absolute atomic E-state index is 0.00205. The van der Waals surface area contributed by atoms with Crippen LogP contribution in [-0.4, -0.2) is 35.8 Å². The average molecular weight is 474 g/mol. The van der Waals surface area contributed by atoms with Gasteiger partial charge in [0, 0.05) is 37.5 Å². The molecule has 1 aromatic rings. The number of halogens is 4. The Kier molecular flexibility index (Phi) is 9.70. The van der Waals surface area contributed by atoms with E-state index < -0.39 is 35.3 Å². The Hall–Kier alpha value is -2.16. The van der Waals surface area contributed by atoms with E-state index in [2.05, 4.69) is 5.32 Å². The van der Waals surface area contributed by atoms with Crippen LogP contribution in [0.15, 0.2) is 18.2 Å². The van der Waals surface area contributed by atoms with Gasteiger partial charge in [-0.25, -0.2) is 4.39 Å². The van der Waals surface area contributed by atoms with Crippen molar-refractivity contribution in [1.82, 2.24) is 10.2 Å². The van der Waals surface area contributed by atoms with Crippen LogP contribution < -0.4 is 11.1 Å². The number of hydrogen-bond donors (Lipinski definition) is 2. The molecule has 0 saturated carbocycles. The first kappa shape index (κ1) is 27.1. The summed E-state index contributed by atoms with van der Waals surface area (Å²) >= 11 is 0. The fraction of sp³-hybridized carbons (Fsp3) is 0.667. The Bertz CT molecular complexity index is 805. The van der Waals surface area contributed by atoms with Gasteiger partial charge in [-0.3, -0.25) is 9.59 Å². The molecule has 5 nitrogen and oxygen atoms in total. The number of carbonyl (C=O) groups is 2. The first-order chi connectivity index (χ1) is 15.4. The zero-order chi connectivity index (χ0) is 24.8. The fourth-order valence-electron chi connectivity index (χ4n) is 4.51. The highest BCUT2D eigenvalue weighted by molar-refractivity contribution is 5.87. The quantitative estimate of drug-likeness (QED) is 0.492. The summed E-state index contributed by atoms with van der Waals surface area (Å²) in [7, 11) is 0. The molecule has 1 heterocycles. The summed E-state index contributed by atoms with van der Waals surface area (Å²) in [6.07, 6.45) is -1.43. The van der Waals surface area contributed by atoms with Crippen molar-refractivity contribution in [2.75, 3.05) is 13.1 Å². The van der Waals surface area contributed by atoms with Crippen molar-refractivity contribution in [2.45, 2.75) is 71.6 Å². The molecule has 0 aromatic heterocycles. The smallest absolute Gasteiger partial charge is 0.369 e. The number of carbonyl (C=O) groups excluding carboxylic acids is 2. The number of primary amides is 1. The molecule has 1 fully saturated rings. The van der Waals surface area contributed by atoms with Crippen LogP contribution in [0.4, 0.5) is 17.6 Å². The first-order valence-electron chi connectivity index (χ1n) is 11.6. The second kappa shape index (κ2) is 11.8. The van der Waals surface area contributed by atoms with Crippen molar-refractivity contribution >= 4 is 11.8 Å². The largest absolute Gasteiger partial charge is 0.416 e. The van der Waals surface area contributed by atoms with E-state index in [0.29, 0.717) is 44.8 Å². The Morgan fingerprint density at radius 2 is 1.79 bits per heavy atom. The zero-order valence-corrected chi connectivity index (χ0v) is 19.6. The number of piperidine rings is 1. The van der Waals surface area contributed by atoms with Crippen LogP contribution in [0.5, 0.6) is 0 Å². The molecule has 1 aliphatic heterocycles. The van der Waals surface area contributed by atoms with Gasteiger partial charge in [-0.05, 0) is 55.4 Å². The van der Waals surface area contributed by atoms with Gasteiger partial charge in [0.15, 0.2) is 0 Å². The normalized spacial score (nSPS) is 17.3. The first-order valence-corrected chi connectivity index (χ1v) is 11.6. The van der Waals surface area contributed by atoms with Crippen LogP contribution in [0.3, 0.4) is 0 Å². The topological polar surface area (TPSA) is 75.4 Å². The van der Waals surface area contributed by atoms with Gasteiger partial charge in [-0.1, -0.05) is 27.2 Å². The zero-order valence-electron chi connectivity index (χ0n) is 19.6. The Morgan fingerprint density at radius 1 is 1.15 bits per heavy atom. The summed E-state index contributed by atoms with van der Waals surface area (Å²) in [6.45, 7) is 7.06. The molecule has 186 valence electrons. The van der Waals surface area contributed by atoms with Gasteiger partial charge >= 0.3 is 6.18 Å². The van der Waals surface area contributed by atoms with Gasteiger partial charge in [0.1, 0.15) is 5.82 Å². The second-order valence-corrected chi connectivity index (χ2v) is 9.36. The van der Waals surface area contributed by atoms with E-state index in [9.17, 15) is 27.2 Å². The van der Waals surface area contributed by atoms with Crippen LogP contribution in [-0.2, 0) is 22.3 Å². The van der Waals surface area contributed by atoms with E-state index in [0.717, 1.165) is 18.6 Å². The number of alkyl halides is 3. The van der Waals surface area contributed by atoms with E-state index in [4.69, 9.17) is 5.73 Å². The summed E-state index contributed by atoms with van der Waals surface area (Å²) in [5, 5.41) is 3.18. The summed E-state index contributed by atoms with van der Waals surface area (Å²) in [6, 6.07) is 2.52. The maximum absolute atomic E-state index is 13.6. The molecule has 0 aliphatic carbocycles. The lowest BCUT2D eigenvalue weighted by Gasteiger charge is -2.36. The number of rotatable bonds is 10. The summed E-state index contributed by atoms with van der Waals surface area (Å²) < 4.78 is 52.3. The van der Waals surface area contributed by atoms with Crippen LogP contribution in [0.25, 0.3) is 0 Å². The Labute approximate surface area is 193 Å². The average Bonchev–Trinajstić information content (AvgIpc) is 2.73. The fourth-order valence-corrected chi connectivity index (χ4v) is 4.51. The third kappa shape index (κ3) is 7.98. The van der Waals surface area contributed by atoms with Gasteiger partial charge in [0.2, 0.25) is 11.8 Å². The molecular weight excluding hydrogens is 438 g/mol. The predicted octanol–water partition coefficient (Wildman–Crippen LogP) is 4.49. The van der Waals surface area contributed by atoms with E-state index in [-0.39, 0.29) is 30.0 Å². The summed E-state index contributed by atoms with van der Waals surface area (Å²) in [5.74, 6) is -2.12. The highest BCUT2D eigenvalue weighted by Crippen LogP contribution is 2.31. The van der Waals surface area contributed by atoms with Crippen molar-refractivity contribution in [2.24, 2.45) is 23.5 Å². The summed E-state index contributed by atoms with van der Waals surface area (Å²) in [5.41, 5.74) is 4.83. The molecule has 0 bridgehead atoms. The van der Waals surface area contributed by atoms with Crippen molar-refractivity contribution < 1.29 is 27.2 Å². The predicted molar refractivity (Wildman–Crippen MR) is 118 cm³/mol. The lowest BCUT2D eigenvalue weighted by atomic mass is 9.81. The van der Waals surface area contributed by atoms with Gasteiger partial charge in [0.05, 0.1) is 5.56 Å². The Balaban J connectivity index is 1.97. The number of nitrogens with two attached hydrogens (primary N) is 1. The molecule has 3 N–H and O–H groups in total. The monoisotopic (exact) mass is 473 g/mol. The molecule has 1 aliphatic rings. The maximum Gasteiger partial charge on any atom is 0.416 e. The number of hydrogen-bond acceptors (Lipinski definition) is 3. The molecule has 1 aromatic carbocycles. The van der Waals surface area contributed by atoms with Crippen molar-refractivity contribution in [3.63, 3.8) is 0 Å². The van der Waals surface area contributed by atoms with Crippen LogP contribution >= 0.6 is 0 Å². The molecule has 0 unspecified atom stereocenters. The van der Waals surface area contributed by atoms with Gasteiger partial charge in [-0.15, -0.1) is 0 Å². The number of nitrogens with one attached hydrogen (secondary N) is 1. The number of nitrogens with zero attached hydrogens (tertiary/aromatic N) is 1. The Morgan fingerprint density at radius 3 is 2.30 bits per heavy atom. The number of likely N-dealkylation sites (tertiary alicyclic amines) is 1. The minimum Gasteiger partial charge on any atom is -0.369 e. The second-order valence-electron chi connectivity index (χ2n) is 9.36. The van der Waals surface area contributed by atoms with E-state index >= 15 is 0 Å². The molecule has 2 amide bonds. The van der Waals surface area contributed by atoms with Gasteiger partial charge < -0.3 is 16.0 Å². The third-order valence-corrected chi connectivity index (χ3v) is 6.18. The minimum atomic E-state index is -4.60. The van der Waals surface area contributed by atoms with Crippen molar-refractivity contribution in [1.29, 1.82) is 0 Å². The number of amides is 2. The van der Waals surface area contributed by atoms with E-state index in [1.54, 1.807) is 4.90 Å². The van der Waals surface area contributed by atoms with Crippen LogP contribution in [0.2, 0.25) is 0 Å². The molecule has 2 rings (SSSR count). The highest BCUT2D eigenvalue weighted by Gasteiger charge is 2.36. The van der Waals surface area contributed by atoms with E-state index in [1.165, 1.54) is 0 Å². The molecule has 9 heteroatoms. The van der Waals surface area contributed by atoms with Crippen molar-refractivity contribution in [3.8, 4) is 0 Å². The highest BCUT2D eigenvalue weighted by atomic mass is 19.4. The van der Waals surface area contributed by atoms with Crippen molar-refractivity contribution in [3.05, 3.63) is 35.1 Å². The van der Waals surface area contributed by atoms with Gasteiger partial charge in [0.25, 0.3) is 0 Å². The van der Waals surface area contributed by atoms with E-state index in [1.807, 2.05) is 20.8 Å². The molecule has 0 spiro atoms. The lowest BCUT2D eigenvalue weighted by Crippen LogP contribution is -2.49. The molecule has 1 saturated heterocycles. The van der Waals surface area contributed by atoms with Crippen LogP contribution in [0, 0.1) is 23.6 Å². The molecular formula is C24H35F4N3O2. The molecule has 33 heavy (non-hydrogen) atoms. The van der Waals surface area contributed by atoms with Crippen LogP contribution in [0.1, 0.15) is 64.0 Å². The number of benzene rings is 1. The van der Waals surface area contributed by atoms with Gasteiger partial charge in [-0.2, -0.15) is 13.2 Å². The summed E-state index contributed by atoms with van der Waals surface area (Å²) in [4.78, 5) is 27.0. The molecule has 2 atom stereocenters.